The third kappa shape index (κ3) is 9.02. The summed E-state index contributed by atoms with van der Waals surface area (Å²) in [6, 6.07) is 24.7. The summed E-state index contributed by atoms with van der Waals surface area (Å²) in [5.41, 5.74) is 3.08. The molecule has 0 aliphatic carbocycles. The van der Waals surface area contributed by atoms with Crippen molar-refractivity contribution in [2.45, 2.75) is 44.6 Å². The Balaban J connectivity index is 1.84. The zero-order valence-electron chi connectivity index (χ0n) is 19.9. The Bertz CT molecular complexity index is 1110. The first-order chi connectivity index (χ1) is 16.8. The van der Waals surface area contributed by atoms with Gasteiger partial charge in [-0.1, -0.05) is 82.1 Å². The van der Waals surface area contributed by atoms with Crippen LogP contribution in [0.25, 0.3) is 0 Å². The molecule has 0 aliphatic rings. The molecule has 3 aromatic carbocycles. The number of thioether (sulfide) groups is 1. The zero-order valence-corrected chi connectivity index (χ0v) is 23.1. The van der Waals surface area contributed by atoms with Gasteiger partial charge >= 0.3 is 0 Å². The largest absolute Gasteiger partial charge is 0.352 e. The van der Waals surface area contributed by atoms with Crippen LogP contribution in [0.3, 0.4) is 0 Å². The quantitative estimate of drug-likeness (QED) is 0.285. The lowest BCUT2D eigenvalue weighted by molar-refractivity contribution is -0.139. The Morgan fingerprint density at radius 2 is 1.63 bits per heavy atom. The minimum absolute atomic E-state index is 0.0251. The van der Waals surface area contributed by atoms with Crippen molar-refractivity contribution in [1.82, 2.24) is 10.2 Å². The topological polar surface area (TPSA) is 49.4 Å². The highest BCUT2D eigenvalue weighted by molar-refractivity contribution is 9.10. The lowest BCUT2D eigenvalue weighted by Gasteiger charge is -2.32. The Morgan fingerprint density at radius 3 is 2.29 bits per heavy atom. The van der Waals surface area contributed by atoms with Gasteiger partial charge in [-0.25, -0.2) is 0 Å². The van der Waals surface area contributed by atoms with Crippen LogP contribution in [0.5, 0.6) is 0 Å². The van der Waals surface area contributed by atoms with E-state index in [0.717, 1.165) is 21.2 Å². The van der Waals surface area contributed by atoms with Crippen molar-refractivity contribution in [3.8, 4) is 0 Å². The first-order valence-electron chi connectivity index (χ1n) is 11.5. The van der Waals surface area contributed by atoms with Gasteiger partial charge in [-0.05, 0) is 54.8 Å². The first-order valence-corrected chi connectivity index (χ1v) is 13.8. The molecule has 0 radical (unpaired) electrons. The summed E-state index contributed by atoms with van der Waals surface area (Å²) in [6.07, 6.45) is 0.445. The van der Waals surface area contributed by atoms with Gasteiger partial charge in [0.15, 0.2) is 0 Å². The van der Waals surface area contributed by atoms with Gasteiger partial charge in [0.05, 0.1) is 5.75 Å². The maximum atomic E-state index is 13.6. The second-order valence-electron chi connectivity index (χ2n) is 8.64. The fourth-order valence-electron chi connectivity index (χ4n) is 3.69. The fraction of sp³-hybridized carbons (Fsp3) is 0.286. The summed E-state index contributed by atoms with van der Waals surface area (Å²) in [7, 11) is 0. The monoisotopic (exact) mass is 572 g/mol. The molecule has 0 aliphatic heterocycles. The van der Waals surface area contributed by atoms with E-state index in [-0.39, 0.29) is 23.6 Å². The Hall–Kier alpha value is -2.28. The van der Waals surface area contributed by atoms with Crippen LogP contribution in [0.2, 0.25) is 5.02 Å². The number of hydrogen-bond acceptors (Lipinski definition) is 3. The lowest BCUT2D eigenvalue weighted by Crippen LogP contribution is -2.52. The molecule has 0 fully saturated rings. The minimum Gasteiger partial charge on any atom is -0.352 e. The number of carbonyl (C=O) groups is 2. The number of nitrogens with one attached hydrogen (secondary N) is 1. The van der Waals surface area contributed by atoms with Crippen LogP contribution in [0.15, 0.2) is 83.3 Å². The van der Waals surface area contributed by atoms with E-state index in [2.05, 4.69) is 21.2 Å². The van der Waals surface area contributed by atoms with Crippen molar-refractivity contribution in [2.75, 3.05) is 5.75 Å². The van der Waals surface area contributed by atoms with Crippen molar-refractivity contribution in [2.24, 2.45) is 0 Å². The number of halogens is 2. The molecular formula is C28H30BrClN2O2S. The van der Waals surface area contributed by atoms with Gasteiger partial charge in [0.2, 0.25) is 11.8 Å². The highest BCUT2D eigenvalue weighted by atomic mass is 79.9. The van der Waals surface area contributed by atoms with Crippen molar-refractivity contribution in [1.29, 1.82) is 0 Å². The van der Waals surface area contributed by atoms with Crippen LogP contribution >= 0.6 is 39.3 Å². The van der Waals surface area contributed by atoms with Crippen molar-refractivity contribution in [3.63, 3.8) is 0 Å². The SMILES string of the molecule is CC(C)NC(=O)[C@@H](Cc1ccccc1)N(Cc1cccc(Br)c1)C(=O)CSCc1ccc(Cl)cc1. The van der Waals surface area contributed by atoms with Gasteiger partial charge in [0.1, 0.15) is 6.04 Å². The van der Waals surface area contributed by atoms with E-state index < -0.39 is 6.04 Å². The maximum Gasteiger partial charge on any atom is 0.243 e. The molecule has 3 aromatic rings. The molecule has 7 heteroatoms. The van der Waals surface area contributed by atoms with E-state index in [1.807, 2.05) is 92.7 Å². The van der Waals surface area contributed by atoms with E-state index >= 15 is 0 Å². The molecule has 4 nitrogen and oxygen atoms in total. The van der Waals surface area contributed by atoms with Gasteiger partial charge < -0.3 is 10.2 Å². The molecule has 3 rings (SSSR count). The van der Waals surface area contributed by atoms with Crippen LogP contribution < -0.4 is 5.32 Å². The molecule has 1 N–H and O–H groups in total. The van der Waals surface area contributed by atoms with Crippen LogP contribution in [-0.2, 0) is 28.3 Å². The van der Waals surface area contributed by atoms with Crippen LogP contribution in [0, 0.1) is 0 Å². The predicted octanol–water partition coefficient (Wildman–Crippen LogP) is 6.50. The molecule has 184 valence electrons. The van der Waals surface area contributed by atoms with E-state index in [1.165, 1.54) is 11.8 Å². The van der Waals surface area contributed by atoms with E-state index in [0.29, 0.717) is 23.7 Å². The third-order valence-corrected chi connectivity index (χ3v) is 7.09. The van der Waals surface area contributed by atoms with Gasteiger partial charge in [-0.15, -0.1) is 11.8 Å². The zero-order chi connectivity index (χ0) is 25.2. The first kappa shape index (κ1) is 27.3. The minimum atomic E-state index is -0.623. The molecule has 0 spiro atoms. The average molecular weight is 574 g/mol. The number of amides is 2. The Labute approximate surface area is 225 Å². The van der Waals surface area contributed by atoms with Gasteiger partial charge in [-0.2, -0.15) is 0 Å². The summed E-state index contributed by atoms with van der Waals surface area (Å²) >= 11 is 11.0. The summed E-state index contributed by atoms with van der Waals surface area (Å²) in [5, 5.41) is 3.71. The van der Waals surface area contributed by atoms with Gasteiger partial charge in [0.25, 0.3) is 0 Å². The van der Waals surface area contributed by atoms with E-state index in [1.54, 1.807) is 4.90 Å². The fourth-order valence-corrected chi connectivity index (χ4v) is 5.13. The van der Waals surface area contributed by atoms with E-state index in [4.69, 9.17) is 11.6 Å². The lowest BCUT2D eigenvalue weighted by atomic mass is 10.0. The molecule has 0 heterocycles. The molecular weight excluding hydrogens is 544 g/mol. The van der Waals surface area contributed by atoms with Crippen LogP contribution in [0.1, 0.15) is 30.5 Å². The number of hydrogen-bond donors (Lipinski definition) is 1. The normalized spacial score (nSPS) is 11.8. The standard InChI is InChI=1S/C28H30BrClN2O2S/c1-20(2)31-28(34)26(16-21-7-4-3-5-8-21)32(17-23-9-6-10-24(29)15-23)27(33)19-35-18-22-11-13-25(30)14-12-22/h3-15,20,26H,16-19H2,1-2H3,(H,31,34)/t26-/m1/s1. The number of rotatable bonds is 11. The second-order valence-corrected chi connectivity index (χ2v) is 11.0. The molecule has 1 atom stereocenters. The van der Waals surface area contributed by atoms with Gasteiger partial charge in [-0.3, -0.25) is 9.59 Å². The summed E-state index contributed by atoms with van der Waals surface area (Å²) < 4.78 is 0.936. The summed E-state index contributed by atoms with van der Waals surface area (Å²) in [6.45, 7) is 4.21. The predicted molar refractivity (Wildman–Crippen MR) is 150 cm³/mol. The highest BCUT2D eigenvalue weighted by Crippen LogP contribution is 2.21. The Morgan fingerprint density at radius 1 is 0.943 bits per heavy atom. The highest BCUT2D eigenvalue weighted by Gasteiger charge is 2.30. The molecule has 2 amide bonds. The molecule has 0 unspecified atom stereocenters. The third-order valence-electron chi connectivity index (χ3n) is 5.35. The molecule has 0 saturated carbocycles. The number of benzene rings is 3. The molecule has 0 bridgehead atoms. The van der Waals surface area contributed by atoms with Gasteiger partial charge in [0, 0.05) is 34.3 Å². The molecule has 0 saturated heterocycles. The van der Waals surface area contributed by atoms with Crippen LogP contribution in [-0.4, -0.2) is 34.6 Å². The van der Waals surface area contributed by atoms with Crippen LogP contribution in [0.4, 0.5) is 0 Å². The van der Waals surface area contributed by atoms with Crippen molar-refractivity contribution < 1.29 is 9.59 Å². The maximum absolute atomic E-state index is 13.6. The average Bonchev–Trinajstić information content (AvgIpc) is 2.82. The summed E-state index contributed by atoms with van der Waals surface area (Å²) in [4.78, 5) is 28.7. The molecule has 35 heavy (non-hydrogen) atoms. The van der Waals surface area contributed by atoms with Crippen molar-refractivity contribution in [3.05, 3.63) is 105 Å². The number of nitrogens with zero attached hydrogens (tertiary/aromatic N) is 1. The van der Waals surface area contributed by atoms with E-state index in [9.17, 15) is 9.59 Å². The van der Waals surface area contributed by atoms with Crippen molar-refractivity contribution >= 4 is 51.1 Å². The Kier molecular flexibility index (Phi) is 10.7. The second kappa shape index (κ2) is 13.7. The number of carbonyl (C=O) groups excluding carboxylic acids is 2. The summed E-state index contributed by atoms with van der Waals surface area (Å²) in [5.74, 6) is 0.755. The smallest absolute Gasteiger partial charge is 0.243 e. The molecule has 0 aromatic heterocycles.